The average Bonchev–Trinajstić information content (AvgIpc) is 2.28. The van der Waals surface area contributed by atoms with Crippen molar-refractivity contribution in [3.8, 4) is 12.3 Å². The van der Waals surface area contributed by atoms with Gasteiger partial charge in [-0.2, -0.15) is 13.2 Å². The zero-order chi connectivity index (χ0) is 14.8. The topological polar surface area (TPSA) is 29.1 Å². The third-order valence-corrected chi connectivity index (χ3v) is 2.92. The van der Waals surface area contributed by atoms with Crippen LogP contribution in [0.1, 0.15) is 19.4 Å². The van der Waals surface area contributed by atoms with Crippen LogP contribution in [0.5, 0.6) is 0 Å². The molecule has 0 aromatic heterocycles. The van der Waals surface area contributed by atoms with Crippen LogP contribution in [-0.2, 0) is 10.2 Å². The number of halogens is 4. The fourth-order valence-corrected chi connectivity index (χ4v) is 1.71. The molecule has 102 valence electrons. The van der Waals surface area contributed by atoms with Crippen LogP contribution in [-0.4, -0.2) is 12.1 Å². The number of hydrogen-bond donors (Lipinski definition) is 1. The van der Waals surface area contributed by atoms with E-state index in [4.69, 9.17) is 18.0 Å². The number of terminal acetylenes is 1. The number of hydrogen-bond acceptors (Lipinski definition) is 1. The van der Waals surface area contributed by atoms with Gasteiger partial charge in [-0.05, 0) is 25.1 Å². The van der Waals surface area contributed by atoms with Crippen molar-refractivity contribution >= 4 is 23.2 Å². The van der Waals surface area contributed by atoms with E-state index in [0.717, 1.165) is 13.0 Å². The molecular weight excluding hydrogens is 279 g/mol. The summed E-state index contributed by atoms with van der Waals surface area (Å²) >= 11 is 5.72. The van der Waals surface area contributed by atoms with Gasteiger partial charge in [0.15, 0.2) is 5.41 Å². The van der Waals surface area contributed by atoms with Gasteiger partial charge in [-0.1, -0.05) is 17.5 Å². The van der Waals surface area contributed by atoms with Crippen molar-refractivity contribution < 1.29 is 18.0 Å². The van der Waals surface area contributed by atoms with Crippen LogP contribution in [0.2, 0.25) is 5.02 Å². The molecule has 1 aromatic rings. The molecule has 1 aromatic carbocycles. The van der Waals surface area contributed by atoms with E-state index in [1.54, 1.807) is 5.92 Å². The Balaban J connectivity index is 3.51. The molecule has 0 spiro atoms. The number of carbonyl (C=O) groups excluding carboxylic acids is 1. The first kappa shape index (κ1) is 15.4. The predicted octanol–water partition coefficient (Wildman–Crippen LogP) is 3.75. The summed E-state index contributed by atoms with van der Waals surface area (Å²) in [5, 5.41) is 2.43. The van der Waals surface area contributed by atoms with Crippen LogP contribution in [0.15, 0.2) is 18.2 Å². The van der Waals surface area contributed by atoms with Gasteiger partial charge in [0.2, 0.25) is 5.91 Å². The molecule has 0 fully saturated rings. The Morgan fingerprint density at radius 3 is 2.42 bits per heavy atom. The number of carbonyl (C=O) groups is 1. The molecule has 0 saturated carbocycles. The smallest absolute Gasteiger partial charge is 0.326 e. The van der Waals surface area contributed by atoms with E-state index >= 15 is 0 Å². The Kier molecular flexibility index (Phi) is 4.16. The molecule has 1 unspecified atom stereocenters. The largest absolute Gasteiger partial charge is 0.408 e. The minimum Gasteiger partial charge on any atom is -0.326 e. The summed E-state index contributed by atoms with van der Waals surface area (Å²) in [5.41, 5.74) is -2.80. The van der Waals surface area contributed by atoms with E-state index in [0.29, 0.717) is 0 Å². The Bertz CT molecular complexity index is 548. The van der Waals surface area contributed by atoms with E-state index in [9.17, 15) is 18.0 Å². The minimum atomic E-state index is -4.67. The number of alkyl halides is 3. The lowest BCUT2D eigenvalue weighted by Gasteiger charge is -2.29. The van der Waals surface area contributed by atoms with Gasteiger partial charge in [0, 0.05) is 23.2 Å². The summed E-state index contributed by atoms with van der Waals surface area (Å²) < 4.78 is 39.4. The SMILES string of the molecule is C#CC(C)(c1cc(Cl)ccc1NC(C)=O)C(F)(F)F. The van der Waals surface area contributed by atoms with E-state index in [2.05, 4.69) is 5.32 Å². The van der Waals surface area contributed by atoms with Crippen molar-refractivity contribution in [2.45, 2.75) is 25.4 Å². The first-order chi connectivity index (χ1) is 8.61. The Morgan fingerprint density at radius 1 is 1.42 bits per heavy atom. The summed E-state index contributed by atoms with van der Waals surface area (Å²) in [5.74, 6) is 1.25. The lowest BCUT2D eigenvalue weighted by Crippen LogP contribution is -2.38. The van der Waals surface area contributed by atoms with Crippen LogP contribution < -0.4 is 5.32 Å². The Hall–Kier alpha value is -1.67. The molecular formula is C13H11ClF3NO. The van der Waals surface area contributed by atoms with Gasteiger partial charge in [0.1, 0.15) is 0 Å². The third kappa shape index (κ3) is 3.02. The monoisotopic (exact) mass is 289 g/mol. The maximum Gasteiger partial charge on any atom is 0.408 e. The molecule has 0 aliphatic heterocycles. The normalized spacial score (nSPS) is 14.4. The standard InChI is InChI=1S/C13H11ClF3NO/c1-4-12(3,13(15,16)17)10-7-9(14)5-6-11(10)18-8(2)19/h1,5-7H,2-3H3,(H,18,19). The van der Waals surface area contributed by atoms with Gasteiger partial charge in [-0.15, -0.1) is 6.42 Å². The van der Waals surface area contributed by atoms with Gasteiger partial charge in [0.05, 0.1) is 0 Å². The highest BCUT2D eigenvalue weighted by molar-refractivity contribution is 6.30. The van der Waals surface area contributed by atoms with Crippen molar-refractivity contribution in [2.75, 3.05) is 5.32 Å². The average molecular weight is 290 g/mol. The molecule has 0 saturated heterocycles. The lowest BCUT2D eigenvalue weighted by atomic mass is 9.81. The molecule has 6 heteroatoms. The fourth-order valence-electron chi connectivity index (χ4n) is 1.54. The van der Waals surface area contributed by atoms with Gasteiger partial charge >= 0.3 is 6.18 Å². The number of nitrogens with one attached hydrogen (secondary N) is 1. The quantitative estimate of drug-likeness (QED) is 0.826. The molecule has 1 rings (SSSR count). The van der Waals surface area contributed by atoms with E-state index in [1.807, 2.05) is 0 Å². The molecule has 1 N–H and O–H groups in total. The first-order valence-corrected chi connectivity index (χ1v) is 5.61. The summed E-state index contributed by atoms with van der Waals surface area (Å²) in [4.78, 5) is 11.0. The molecule has 2 nitrogen and oxygen atoms in total. The highest BCUT2D eigenvalue weighted by Gasteiger charge is 2.52. The summed E-state index contributed by atoms with van der Waals surface area (Å²) in [7, 11) is 0. The predicted molar refractivity (Wildman–Crippen MR) is 68.0 cm³/mol. The fraction of sp³-hybridized carbons (Fsp3) is 0.308. The Morgan fingerprint density at radius 2 is 2.00 bits per heavy atom. The molecule has 1 amide bonds. The lowest BCUT2D eigenvalue weighted by molar-refractivity contribution is -0.167. The van der Waals surface area contributed by atoms with Crippen molar-refractivity contribution in [2.24, 2.45) is 0 Å². The second kappa shape index (κ2) is 5.14. The van der Waals surface area contributed by atoms with E-state index in [1.165, 1.54) is 19.1 Å². The van der Waals surface area contributed by atoms with Crippen molar-refractivity contribution in [1.82, 2.24) is 0 Å². The highest BCUT2D eigenvalue weighted by Crippen LogP contribution is 2.44. The molecule has 0 bridgehead atoms. The molecule has 0 aliphatic carbocycles. The van der Waals surface area contributed by atoms with E-state index in [-0.39, 0.29) is 16.3 Å². The van der Waals surface area contributed by atoms with Gasteiger partial charge in [0.25, 0.3) is 0 Å². The number of rotatable bonds is 2. The number of amides is 1. The summed E-state index contributed by atoms with van der Waals surface area (Å²) in [6.07, 6.45) is 0.382. The molecule has 1 atom stereocenters. The van der Waals surface area contributed by atoms with Crippen molar-refractivity contribution in [3.63, 3.8) is 0 Å². The first-order valence-electron chi connectivity index (χ1n) is 5.24. The highest BCUT2D eigenvalue weighted by atomic mass is 35.5. The second-order valence-corrected chi connectivity index (χ2v) is 4.57. The molecule has 0 heterocycles. The summed E-state index contributed by atoms with van der Waals surface area (Å²) in [6, 6.07) is 3.78. The van der Waals surface area contributed by atoms with Crippen LogP contribution in [0.3, 0.4) is 0 Å². The van der Waals surface area contributed by atoms with Crippen LogP contribution >= 0.6 is 11.6 Å². The Labute approximate surface area is 113 Å². The van der Waals surface area contributed by atoms with Gasteiger partial charge in [-0.25, -0.2) is 0 Å². The minimum absolute atomic E-state index is 0.00493. The van der Waals surface area contributed by atoms with Gasteiger partial charge in [-0.3, -0.25) is 4.79 Å². The number of benzene rings is 1. The number of anilines is 1. The third-order valence-electron chi connectivity index (χ3n) is 2.69. The maximum absolute atomic E-state index is 13.1. The zero-order valence-corrected chi connectivity index (χ0v) is 11.0. The van der Waals surface area contributed by atoms with E-state index < -0.39 is 17.5 Å². The molecule has 19 heavy (non-hydrogen) atoms. The van der Waals surface area contributed by atoms with Crippen LogP contribution in [0, 0.1) is 12.3 Å². The van der Waals surface area contributed by atoms with Crippen molar-refractivity contribution in [1.29, 1.82) is 0 Å². The van der Waals surface area contributed by atoms with Crippen LogP contribution in [0.4, 0.5) is 18.9 Å². The van der Waals surface area contributed by atoms with Crippen molar-refractivity contribution in [3.05, 3.63) is 28.8 Å². The van der Waals surface area contributed by atoms with Gasteiger partial charge < -0.3 is 5.32 Å². The zero-order valence-electron chi connectivity index (χ0n) is 10.2. The summed E-state index contributed by atoms with van der Waals surface area (Å²) in [6.45, 7) is 2.06. The second-order valence-electron chi connectivity index (χ2n) is 4.14. The molecule has 0 aliphatic rings. The molecule has 0 radical (unpaired) electrons. The maximum atomic E-state index is 13.1. The van der Waals surface area contributed by atoms with Crippen LogP contribution in [0.25, 0.3) is 0 Å².